The van der Waals surface area contributed by atoms with Gasteiger partial charge >= 0.3 is 5.97 Å². The average molecular weight is 374 g/mol. The van der Waals surface area contributed by atoms with Crippen molar-refractivity contribution in [3.63, 3.8) is 0 Å². The van der Waals surface area contributed by atoms with Gasteiger partial charge in [-0.2, -0.15) is 0 Å². The summed E-state index contributed by atoms with van der Waals surface area (Å²) >= 11 is 0. The SMILES string of the molecule is CCOC(=O)c1noc2ncn(CC(=O)NCc3ccc(F)cc3)c(=O)c12. The molecule has 10 heteroatoms. The Bertz CT molecular complexity index is 1040. The second-order valence-electron chi connectivity index (χ2n) is 5.51. The lowest BCUT2D eigenvalue weighted by atomic mass is 10.2. The fourth-order valence-electron chi connectivity index (χ4n) is 2.35. The van der Waals surface area contributed by atoms with Gasteiger partial charge in [-0.1, -0.05) is 17.3 Å². The largest absolute Gasteiger partial charge is 0.461 e. The standard InChI is InChI=1S/C17H15FN4O5/c1-2-26-17(25)14-13-15(27-21-14)20-9-22(16(13)24)8-12(23)19-7-10-3-5-11(18)6-4-10/h3-6,9H,2,7-8H2,1H3,(H,19,23). The lowest BCUT2D eigenvalue weighted by molar-refractivity contribution is -0.121. The van der Waals surface area contributed by atoms with Crippen molar-refractivity contribution in [3.8, 4) is 0 Å². The Morgan fingerprint density at radius 1 is 1.30 bits per heavy atom. The van der Waals surface area contributed by atoms with E-state index in [0.29, 0.717) is 5.56 Å². The van der Waals surface area contributed by atoms with Crippen LogP contribution in [0.1, 0.15) is 23.0 Å². The molecule has 1 amide bonds. The highest BCUT2D eigenvalue weighted by atomic mass is 19.1. The molecule has 0 aliphatic carbocycles. The number of hydrogen-bond donors (Lipinski definition) is 1. The minimum atomic E-state index is -0.811. The third-order valence-corrected chi connectivity index (χ3v) is 3.65. The van der Waals surface area contributed by atoms with Crippen LogP contribution in [-0.4, -0.2) is 33.2 Å². The molecule has 1 N–H and O–H groups in total. The molecule has 0 radical (unpaired) electrons. The summed E-state index contributed by atoms with van der Waals surface area (Å²) in [7, 11) is 0. The minimum Gasteiger partial charge on any atom is -0.461 e. The first-order valence-electron chi connectivity index (χ1n) is 8.02. The van der Waals surface area contributed by atoms with Gasteiger partial charge in [0, 0.05) is 6.54 Å². The quantitative estimate of drug-likeness (QED) is 0.640. The molecule has 9 nitrogen and oxygen atoms in total. The zero-order valence-corrected chi connectivity index (χ0v) is 14.3. The highest BCUT2D eigenvalue weighted by molar-refractivity contribution is 5.99. The summed E-state index contributed by atoms with van der Waals surface area (Å²) in [5.74, 6) is -1.65. The first-order chi connectivity index (χ1) is 13.0. The molecule has 0 aliphatic rings. The molecule has 0 unspecified atom stereocenters. The van der Waals surface area contributed by atoms with E-state index in [0.717, 1.165) is 10.9 Å². The Balaban J connectivity index is 1.76. The van der Waals surface area contributed by atoms with Crippen LogP contribution in [0.15, 0.2) is 39.9 Å². The van der Waals surface area contributed by atoms with E-state index in [-0.39, 0.29) is 42.3 Å². The predicted octanol–water partition coefficient (Wildman–Crippen LogP) is 1.02. The molecule has 27 heavy (non-hydrogen) atoms. The Hall–Kier alpha value is -3.56. The Kier molecular flexibility index (Phi) is 5.25. The molecule has 0 spiro atoms. The molecule has 2 heterocycles. The van der Waals surface area contributed by atoms with E-state index in [2.05, 4.69) is 15.5 Å². The van der Waals surface area contributed by atoms with Crippen LogP contribution in [0.5, 0.6) is 0 Å². The highest BCUT2D eigenvalue weighted by Crippen LogP contribution is 2.12. The van der Waals surface area contributed by atoms with Gasteiger partial charge in [-0.05, 0) is 24.6 Å². The van der Waals surface area contributed by atoms with Crippen molar-refractivity contribution < 1.29 is 23.2 Å². The fourth-order valence-corrected chi connectivity index (χ4v) is 2.35. The van der Waals surface area contributed by atoms with Gasteiger partial charge in [-0.15, -0.1) is 0 Å². The molecular formula is C17H15FN4O5. The molecule has 0 saturated heterocycles. The van der Waals surface area contributed by atoms with E-state index in [9.17, 15) is 18.8 Å². The van der Waals surface area contributed by atoms with Crippen LogP contribution < -0.4 is 10.9 Å². The normalized spacial score (nSPS) is 10.7. The second kappa shape index (κ2) is 7.77. The van der Waals surface area contributed by atoms with Crippen LogP contribution in [0.3, 0.4) is 0 Å². The number of nitrogens with zero attached hydrogens (tertiary/aromatic N) is 3. The maximum absolute atomic E-state index is 12.9. The summed E-state index contributed by atoms with van der Waals surface area (Å²) in [5, 5.41) is 5.98. The monoisotopic (exact) mass is 374 g/mol. The van der Waals surface area contributed by atoms with Gasteiger partial charge in [-0.3, -0.25) is 14.2 Å². The van der Waals surface area contributed by atoms with E-state index in [4.69, 9.17) is 9.26 Å². The van der Waals surface area contributed by atoms with Gasteiger partial charge in [0.1, 0.15) is 24.1 Å². The Morgan fingerprint density at radius 3 is 2.74 bits per heavy atom. The number of hydrogen-bond acceptors (Lipinski definition) is 7. The molecule has 0 atom stereocenters. The van der Waals surface area contributed by atoms with Crippen molar-refractivity contribution >= 4 is 23.0 Å². The van der Waals surface area contributed by atoms with Crippen molar-refractivity contribution in [2.75, 3.05) is 6.61 Å². The summed E-state index contributed by atoms with van der Waals surface area (Å²) in [6, 6.07) is 5.65. The molecule has 2 aromatic heterocycles. The third-order valence-electron chi connectivity index (χ3n) is 3.65. The van der Waals surface area contributed by atoms with Gasteiger partial charge in [0.05, 0.1) is 6.61 Å². The lowest BCUT2D eigenvalue weighted by Crippen LogP contribution is -2.32. The van der Waals surface area contributed by atoms with Crippen LogP contribution in [0.2, 0.25) is 0 Å². The number of fused-ring (bicyclic) bond motifs is 1. The van der Waals surface area contributed by atoms with E-state index >= 15 is 0 Å². The first kappa shape index (κ1) is 18.2. The van der Waals surface area contributed by atoms with Crippen LogP contribution >= 0.6 is 0 Å². The maximum Gasteiger partial charge on any atom is 0.361 e. The summed E-state index contributed by atoms with van der Waals surface area (Å²) in [4.78, 5) is 40.4. The lowest BCUT2D eigenvalue weighted by Gasteiger charge is -2.07. The van der Waals surface area contributed by atoms with Crippen molar-refractivity contribution in [1.82, 2.24) is 20.0 Å². The van der Waals surface area contributed by atoms with Crippen molar-refractivity contribution in [2.45, 2.75) is 20.0 Å². The smallest absolute Gasteiger partial charge is 0.361 e. The number of aromatic nitrogens is 3. The zero-order valence-electron chi connectivity index (χ0n) is 14.3. The number of esters is 1. The van der Waals surface area contributed by atoms with Crippen LogP contribution in [0.25, 0.3) is 11.1 Å². The van der Waals surface area contributed by atoms with Crippen LogP contribution in [-0.2, 0) is 22.6 Å². The third kappa shape index (κ3) is 4.00. The van der Waals surface area contributed by atoms with E-state index in [1.54, 1.807) is 6.92 Å². The number of ether oxygens (including phenoxy) is 1. The molecule has 0 bridgehead atoms. The number of carbonyl (C=O) groups excluding carboxylic acids is 2. The van der Waals surface area contributed by atoms with Crippen molar-refractivity contribution in [2.24, 2.45) is 0 Å². The van der Waals surface area contributed by atoms with Gasteiger partial charge in [0.25, 0.3) is 11.3 Å². The minimum absolute atomic E-state index is 0.105. The number of amides is 1. The van der Waals surface area contributed by atoms with Gasteiger partial charge < -0.3 is 14.6 Å². The number of benzene rings is 1. The molecule has 0 saturated carbocycles. The molecule has 140 valence electrons. The van der Waals surface area contributed by atoms with Gasteiger partial charge in [0.2, 0.25) is 11.6 Å². The van der Waals surface area contributed by atoms with E-state index in [1.165, 1.54) is 24.3 Å². The second-order valence-corrected chi connectivity index (χ2v) is 5.51. The Morgan fingerprint density at radius 2 is 2.04 bits per heavy atom. The molecule has 3 rings (SSSR count). The fraction of sp³-hybridized carbons (Fsp3) is 0.235. The van der Waals surface area contributed by atoms with Gasteiger partial charge in [-0.25, -0.2) is 14.2 Å². The molecule has 1 aromatic carbocycles. The molecular weight excluding hydrogens is 359 g/mol. The number of nitrogens with one attached hydrogen (secondary N) is 1. The zero-order chi connectivity index (χ0) is 19.4. The average Bonchev–Trinajstić information content (AvgIpc) is 3.09. The van der Waals surface area contributed by atoms with Gasteiger partial charge in [0.15, 0.2) is 0 Å². The topological polar surface area (TPSA) is 116 Å². The number of halogens is 1. The van der Waals surface area contributed by atoms with E-state index < -0.39 is 17.4 Å². The molecule has 0 aliphatic heterocycles. The summed E-state index contributed by atoms with van der Waals surface area (Å²) in [5.41, 5.74) is -0.355. The molecule has 0 fully saturated rings. The predicted molar refractivity (Wildman–Crippen MR) is 90.3 cm³/mol. The summed E-state index contributed by atoms with van der Waals surface area (Å²) in [6.07, 6.45) is 1.13. The number of rotatable bonds is 6. The number of carbonyl (C=O) groups is 2. The van der Waals surface area contributed by atoms with Crippen LogP contribution in [0.4, 0.5) is 4.39 Å². The van der Waals surface area contributed by atoms with Crippen molar-refractivity contribution in [3.05, 3.63) is 58.0 Å². The van der Waals surface area contributed by atoms with E-state index in [1.807, 2.05) is 0 Å². The summed E-state index contributed by atoms with van der Waals surface area (Å²) < 4.78 is 23.6. The summed E-state index contributed by atoms with van der Waals surface area (Å²) in [6.45, 7) is 1.57. The van der Waals surface area contributed by atoms with Crippen molar-refractivity contribution in [1.29, 1.82) is 0 Å². The first-order valence-corrected chi connectivity index (χ1v) is 8.02. The maximum atomic E-state index is 12.9. The van der Waals surface area contributed by atoms with Crippen LogP contribution in [0, 0.1) is 5.82 Å². The Labute approximate surface area is 151 Å². The highest BCUT2D eigenvalue weighted by Gasteiger charge is 2.22. The molecule has 3 aromatic rings.